The fourth-order valence-electron chi connectivity index (χ4n) is 4.30. The van der Waals surface area contributed by atoms with E-state index in [1.807, 2.05) is 48.5 Å². The van der Waals surface area contributed by atoms with Crippen LogP contribution in [-0.2, 0) is 14.4 Å². The number of para-hydroxylation sites is 1. The maximum absolute atomic E-state index is 13.3. The molecule has 3 amide bonds. The van der Waals surface area contributed by atoms with E-state index in [0.29, 0.717) is 0 Å². The van der Waals surface area contributed by atoms with Crippen molar-refractivity contribution in [1.82, 2.24) is 16.0 Å². The van der Waals surface area contributed by atoms with Crippen molar-refractivity contribution in [1.29, 1.82) is 0 Å². The molecule has 0 aromatic heterocycles. The smallest absolute Gasteiger partial charge is 0.253 e. The Balaban J connectivity index is 1.55. The van der Waals surface area contributed by atoms with E-state index < -0.39 is 18.0 Å². The van der Waals surface area contributed by atoms with Gasteiger partial charge >= 0.3 is 0 Å². The van der Waals surface area contributed by atoms with Gasteiger partial charge in [-0.2, -0.15) is 0 Å². The van der Waals surface area contributed by atoms with Crippen LogP contribution in [0.3, 0.4) is 0 Å². The Morgan fingerprint density at radius 1 is 1.06 bits per heavy atom. The van der Waals surface area contributed by atoms with Gasteiger partial charge < -0.3 is 20.9 Å². The highest BCUT2D eigenvalue weighted by Gasteiger charge is 2.34. The number of rotatable bonds is 4. The van der Waals surface area contributed by atoms with Crippen molar-refractivity contribution in [2.24, 2.45) is 0 Å². The Morgan fingerprint density at radius 2 is 1.77 bits per heavy atom. The zero-order valence-corrected chi connectivity index (χ0v) is 17.9. The fraction of sp³-hybridized carbons (Fsp3) is 0.375. The molecule has 31 heavy (non-hydrogen) atoms. The average Bonchev–Trinajstić information content (AvgIpc) is 2.89. The van der Waals surface area contributed by atoms with Crippen molar-refractivity contribution < 1.29 is 14.4 Å². The van der Waals surface area contributed by atoms with Crippen LogP contribution in [-0.4, -0.2) is 43.4 Å². The largest absolute Gasteiger partial charge is 0.343 e. The summed E-state index contributed by atoms with van der Waals surface area (Å²) in [4.78, 5) is 40.3. The number of carbonyl (C=O) groups excluding carboxylic acids is 3. The van der Waals surface area contributed by atoms with Gasteiger partial charge in [0.2, 0.25) is 11.8 Å². The summed E-state index contributed by atoms with van der Waals surface area (Å²) in [6.45, 7) is 2.44. The van der Waals surface area contributed by atoms with E-state index in [9.17, 15) is 14.4 Å². The maximum atomic E-state index is 13.3. The molecule has 1 saturated heterocycles. The highest BCUT2D eigenvalue weighted by Crippen LogP contribution is 2.39. The Hall–Kier alpha value is -3.19. The van der Waals surface area contributed by atoms with Crippen molar-refractivity contribution in [3.63, 3.8) is 0 Å². The molecule has 7 heteroatoms. The molecule has 0 bridgehead atoms. The highest BCUT2D eigenvalue weighted by molar-refractivity contribution is 6.06. The number of benzene rings is 2. The van der Waals surface area contributed by atoms with Crippen molar-refractivity contribution in [2.45, 2.75) is 44.3 Å². The predicted octanol–water partition coefficient (Wildman–Crippen LogP) is 2.13. The van der Waals surface area contributed by atoms with Crippen LogP contribution in [0.5, 0.6) is 0 Å². The first-order chi connectivity index (χ1) is 15.0. The molecule has 2 heterocycles. The van der Waals surface area contributed by atoms with Crippen molar-refractivity contribution >= 4 is 23.4 Å². The van der Waals surface area contributed by atoms with Crippen LogP contribution in [0.1, 0.15) is 37.8 Å². The van der Waals surface area contributed by atoms with Gasteiger partial charge in [-0.25, -0.2) is 0 Å². The van der Waals surface area contributed by atoms with E-state index in [4.69, 9.17) is 0 Å². The van der Waals surface area contributed by atoms with Crippen LogP contribution in [0.15, 0.2) is 48.5 Å². The minimum absolute atomic E-state index is 0.181. The summed E-state index contributed by atoms with van der Waals surface area (Å²) < 4.78 is 0. The molecule has 2 aliphatic rings. The number of anilines is 1. The molecule has 2 aromatic carbocycles. The van der Waals surface area contributed by atoms with Gasteiger partial charge in [0.15, 0.2) is 0 Å². The summed E-state index contributed by atoms with van der Waals surface area (Å²) in [5.74, 6) is -0.797. The van der Waals surface area contributed by atoms with Gasteiger partial charge in [0.05, 0.1) is 11.7 Å². The Morgan fingerprint density at radius 3 is 2.52 bits per heavy atom. The lowest BCUT2D eigenvalue weighted by atomic mass is 9.95. The number of hydrogen-bond donors (Lipinski definition) is 3. The summed E-state index contributed by atoms with van der Waals surface area (Å²) in [6, 6.07) is 13.4. The topological polar surface area (TPSA) is 90.5 Å². The lowest BCUT2D eigenvalue weighted by Gasteiger charge is -2.26. The summed E-state index contributed by atoms with van der Waals surface area (Å²) in [6.07, 6.45) is 2.81. The minimum Gasteiger partial charge on any atom is -0.343 e. The number of nitrogens with one attached hydrogen (secondary N) is 3. The first-order valence-electron chi connectivity index (χ1n) is 10.8. The molecule has 0 saturated carbocycles. The van der Waals surface area contributed by atoms with Gasteiger partial charge in [0.25, 0.3) is 5.91 Å². The first kappa shape index (κ1) is 21.1. The SMILES string of the molecule is C[C@H](NC(=O)C1CCCCN1)C(=O)N[C@H]1C(=O)N(C)c2ccccc2-c2ccccc21. The van der Waals surface area contributed by atoms with Crippen LogP contribution in [0, 0.1) is 0 Å². The molecular weight excluding hydrogens is 392 g/mol. The van der Waals surface area contributed by atoms with Gasteiger partial charge in [-0.15, -0.1) is 0 Å². The van der Waals surface area contributed by atoms with E-state index in [0.717, 1.165) is 48.2 Å². The van der Waals surface area contributed by atoms with E-state index >= 15 is 0 Å². The van der Waals surface area contributed by atoms with Crippen LogP contribution >= 0.6 is 0 Å². The minimum atomic E-state index is -0.840. The molecule has 3 N–H and O–H groups in total. The van der Waals surface area contributed by atoms with Crippen molar-refractivity contribution in [2.75, 3.05) is 18.5 Å². The lowest BCUT2D eigenvalue weighted by molar-refractivity contribution is -0.131. The van der Waals surface area contributed by atoms with E-state index in [2.05, 4.69) is 16.0 Å². The number of piperidine rings is 1. The maximum Gasteiger partial charge on any atom is 0.253 e. The Labute approximate surface area is 182 Å². The normalized spacial score (nSPS) is 21.4. The molecule has 7 nitrogen and oxygen atoms in total. The molecule has 2 aliphatic heterocycles. The molecule has 2 aromatic rings. The number of amides is 3. The summed E-state index contributed by atoms with van der Waals surface area (Å²) in [7, 11) is 1.71. The van der Waals surface area contributed by atoms with Crippen molar-refractivity contribution in [3.8, 4) is 11.1 Å². The molecule has 4 rings (SSSR count). The van der Waals surface area contributed by atoms with E-state index in [-0.39, 0.29) is 17.9 Å². The first-order valence-corrected chi connectivity index (χ1v) is 10.8. The standard InChI is InChI=1S/C24H28N4O3/c1-15(26-23(30)19-12-7-8-14-25-19)22(29)27-21-18-11-4-3-9-16(18)17-10-5-6-13-20(17)28(2)24(21)31/h3-6,9-11,13,15,19,21,25H,7-8,12,14H2,1-2H3,(H,26,30)(H,27,29)/t15-,19?,21+/m0/s1. The van der Waals surface area contributed by atoms with E-state index in [1.54, 1.807) is 18.9 Å². The molecule has 0 spiro atoms. The van der Waals surface area contributed by atoms with Gasteiger partial charge in [0.1, 0.15) is 12.1 Å². The Bertz CT molecular complexity index is 1000. The van der Waals surface area contributed by atoms with Crippen LogP contribution in [0.2, 0.25) is 0 Å². The summed E-state index contributed by atoms with van der Waals surface area (Å²) in [5, 5.41) is 8.84. The molecule has 162 valence electrons. The number of likely N-dealkylation sites (N-methyl/N-ethyl adjacent to an activating group) is 1. The second kappa shape index (κ2) is 8.89. The molecule has 0 radical (unpaired) electrons. The van der Waals surface area contributed by atoms with Crippen LogP contribution in [0.4, 0.5) is 5.69 Å². The number of hydrogen-bond acceptors (Lipinski definition) is 4. The zero-order valence-electron chi connectivity index (χ0n) is 17.9. The second-order valence-electron chi connectivity index (χ2n) is 8.18. The van der Waals surface area contributed by atoms with Crippen molar-refractivity contribution in [3.05, 3.63) is 54.1 Å². The number of carbonyl (C=O) groups is 3. The predicted molar refractivity (Wildman–Crippen MR) is 119 cm³/mol. The number of nitrogens with zero attached hydrogens (tertiary/aromatic N) is 1. The fourth-order valence-corrected chi connectivity index (χ4v) is 4.30. The Kier molecular flexibility index (Phi) is 6.04. The second-order valence-corrected chi connectivity index (χ2v) is 8.18. The quantitative estimate of drug-likeness (QED) is 0.707. The number of fused-ring (bicyclic) bond motifs is 3. The van der Waals surface area contributed by atoms with Gasteiger partial charge in [-0.1, -0.05) is 48.9 Å². The van der Waals surface area contributed by atoms with E-state index in [1.165, 1.54) is 0 Å². The molecule has 3 atom stereocenters. The molecule has 1 unspecified atom stereocenters. The summed E-state index contributed by atoms with van der Waals surface area (Å²) >= 11 is 0. The molecule has 0 aliphatic carbocycles. The third kappa shape index (κ3) is 4.18. The monoisotopic (exact) mass is 420 g/mol. The third-order valence-corrected chi connectivity index (χ3v) is 6.07. The molecular formula is C24H28N4O3. The van der Waals surface area contributed by atoms with Gasteiger partial charge in [-0.05, 0) is 43.5 Å². The van der Waals surface area contributed by atoms with Gasteiger partial charge in [0, 0.05) is 12.6 Å². The summed E-state index contributed by atoms with van der Waals surface area (Å²) in [5.41, 5.74) is 3.38. The zero-order chi connectivity index (χ0) is 22.0. The van der Waals surface area contributed by atoms with Crippen LogP contribution < -0.4 is 20.9 Å². The lowest BCUT2D eigenvalue weighted by Crippen LogP contribution is -2.54. The van der Waals surface area contributed by atoms with Crippen LogP contribution in [0.25, 0.3) is 11.1 Å². The average molecular weight is 421 g/mol. The highest BCUT2D eigenvalue weighted by atomic mass is 16.2. The van der Waals surface area contributed by atoms with Gasteiger partial charge in [-0.3, -0.25) is 14.4 Å². The third-order valence-electron chi connectivity index (χ3n) is 6.07. The molecule has 1 fully saturated rings.